The van der Waals surface area contributed by atoms with Crippen LogP contribution in [-0.4, -0.2) is 37.2 Å². The highest BCUT2D eigenvalue weighted by molar-refractivity contribution is 9.10. The Kier molecular flexibility index (Phi) is 7.05. The molecular weight excluding hydrogens is 314 g/mol. The molecule has 0 saturated carbocycles. The van der Waals surface area contributed by atoms with Gasteiger partial charge in [0.05, 0.1) is 0 Å². The molecule has 1 aliphatic heterocycles. The van der Waals surface area contributed by atoms with Crippen LogP contribution in [0.4, 0.5) is 0 Å². The second-order valence-corrected chi connectivity index (χ2v) is 6.46. The van der Waals surface area contributed by atoms with Crippen LogP contribution in [0.15, 0.2) is 28.7 Å². The van der Waals surface area contributed by atoms with Gasteiger partial charge in [0.2, 0.25) is 0 Å². The SMILES string of the molecule is CCOCCC1CCCCN1CCc1ccc(Br)cc1. The van der Waals surface area contributed by atoms with E-state index >= 15 is 0 Å². The highest BCUT2D eigenvalue weighted by Crippen LogP contribution is 2.20. The first-order valence-corrected chi connectivity index (χ1v) is 8.65. The standard InChI is InChI=1S/C17H26BrNO/c1-2-20-14-11-17-5-3-4-12-19(17)13-10-15-6-8-16(18)9-7-15/h6-9,17H,2-5,10-14H2,1H3. The molecule has 0 N–H and O–H groups in total. The van der Waals surface area contributed by atoms with Crippen LogP contribution < -0.4 is 0 Å². The van der Waals surface area contributed by atoms with Gasteiger partial charge < -0.3 is 4.74 Å². The van der Waals surface area contributed by atoms with E-state index in [2.05, 4.69) is 52.0 Å². The molecule has 0 radical (unpaired) electrons. The number of piperidine rings is 1. The molecule has 1 aliphatic rings. The summed E-state index contributed by atoms with van der Waals surface area (Å²) in [4.78, 5) is 2.67. The smallest absolute Gasteiger partial charge is 0.0480 e. The van der Waals surface area contributed by atoms with Crippen LogP contribution in [-0.2, 0) is 11.2 Å². The van der Waals surface area contributed by atoms with Crippen LogP contribution in [0.5, 0.6) is 0 Å². The van der Waals surface area contributed by atoms with Gasteiger partial charge in [-0.05, 0) is 56.8 Å². The molecule has 0 spiro atoms. The van der Waals surface area contributed by atoms with Gasteiger partial charge in [0, 0.05) is 30.3 Å². The van der Waals surface area contributed by atoms with Crippen LogP contribution in [0.2, 0.25) is 0 Å². The molecule has 0 amide bonds. The third kappa shape index (κ3) is 5.19. The van der Waals surface area contributed by atoms with Gasteiger partial charge in [-0.3, -0.25) is 4.90 Å². The second kappa shape index (κ2) is 8.81. The van der Waals surface area contributed by atoms with E-state index in [1.807, 2.05) is 0 Å². The van der Waals surface area contributed by atoms with Crippen molar-refractivity contribution in [2.45, 2.75) is 45.1 Å². The molecule has 0 bridgehead atoms. The molecule has 1 aromatic rings. The minimum Gasteiger partial charge on any atom is -0.382 e. The lowest BCUT2D eigenvalue weighted by molar-refractivity contribution is 0.0865. The van der Waals surface area contributed by atoms with E-state index in [1.165, 1.54) is 44.3 Å². The third-order valence-corrected chi connectivity index (χ3v) is 4.68. The summed E-state index contributed by atoms with van der Waals surface area (Å²) in [6, 6.07) is 9.45. The number of hydrogen-bond donors (Lipinski definition) is 0. The topological polar surface area (TPSA) is 12.5 Å². The van der Waals surface area contributed by atoms with Crippen molar-refractivity contribution in [1.29, 1.82) is 0 Å². The molecule has 2 rings (SSSR count). The second-order valence-electron chi connectivity index (χ2n) is 5.55. The van der Waals surface area contributed by atoms with Crippen molar-refractivity contribution < 1.29 is 4.74 Å². The molecule has 1 aromatic carbocycles. The summed E-state index contributed by atoms with van der Waals surface area (Å²) in [6.45, 7) is 6.26. The molecule has 1 atom stereocenters. The van der Waals surface area contributed by atoms with E-state index in [0.29, 0.717) is 0 Å². The number of likely N-dealkylation sites (tertiary alicyclic amines) is 1. The summed E-state index contributed by atoms with van der Waals surface area (Å²) in [6.07, 6.45) is 6.41. The Balaban J connectivity index is 1.80. The first kappa shape index (κ1) is 16.0. The van der Waals surface area contributed by atoms with Crippen LogP contribution in [0.3, 0.4) is 0 Å². The molecule has 0 aromatic heterocycles. The fraction of sp³-hybridized carbons (Fsp3) is 0.647. The summed E-state index contributed by atoms with van der Waals surface area (Å²) in [5, 5.41) is 0. The van der Waals surface area contributed by atoms with Gasteiger partial charge in [-0.2, -0.15) is 0 Å². The minimum absolute atomic E-state index is 0.728. The number of nitrogens with zero attached hydrogens (tertiary/aromatic N) is 1. The highest BCUT2D eigenvalue weighted by Gasteiger charge is 2.21. The molecule has 1 heterocycles. The lowest BCUT2D eigenvalue weighted by Crippen LogP contribution is -2.41. The Morgan fingerprint density at radius 2 is 2.05 bits per heavy atom. The summed E-state index contributed by atoms with van der Waals surface area (Å²) in [5.74, 6) is 0. The normalized spacial score (nSPS) is 20.2. The summed E-state index contributed by atoms with van der Waals surface area (Å²) < 4.78 is 6.69. The number of benzene rings is 1. The van der Waals surface area contributed by atoms with Gasteiger partial charge >= 0.3 is 0 Å². The predicted octanol–water partition coefficient (Wildman–Crippen LogP) is 4.27. The molecular formula is C17H26BrNO. The fourth-order valence-corrected chi connectivity index (χ4v) is 3.23. The molecule has 20 heavy (non-hydrogen) atoms. The van der Waals surface area contributed by atoms with Gasteiger partial charge in [-0.15, -0.1) is 0 Å². The van der Waals surface area contributed by atoms with E-state index in [-0.39, 0.29) is 0 Å². The molecule has 0 aliphatic carbocycles. The van der Waals surface area contributed by atoms with Gasteiger partial charge in [-0.25, -0.2) is 0 Å². The van der Waals surface area contributed by atoms with Crippen molar-refractivity contribution in [2.24, 2.45) is 0 Å². The minimum atomic E-state index is 0.728. The van der Waals surface area contributed by atoms with Crippen molar-refractivity contribution in [3.8, 4) is 0 Å². The Morgan fingerprint density at radius 1 is 1.25 bits per heavy atom. The number of halogens is 1. The Hall–Kier alpha value is -0.380. The Labute approximate surface area is 131 Å². The lowest BCUT2D eigenvalue weighted by atomic mass is 9.99. The van der Waals surface area contributed by atoms with Crippen molar-refractivity contribution in [2.75, 3.05) is 26.3 Å². The number of ether oxygens (including phenoxy) is 1. The molecule has 112 valence electrons. The van der Waals surface area contributed by atoms with Gasteiger partial charge in [0.15, 0.2) is 0 Å². The summed E-state index contributed by atoms with van der Waals surface area (Å²) in [5.41, 5.74) is 1.43. The maximum Gasteiger partial charge on any atom is 0.0480 e. The van der Waals surface area contributed by atoms with Gasteiger partial charge in [0.1, 0.15) is 0 Å². The third-order valence-electron chi connectivity index (χ3n) is 4.15. The predicted molar refractivity (Wildman–Crippen MR) is 88.2 cm³/mol. The largest absolute Gasteiger partial charge is 0.382 e. The van der Waals surface area contributed by atoms with Gasteiger partial charge in [0.25, 0.3) is 0 Å². The maximum atomic E-state index is 5.53. The lowest BCUT2D eigenvalue weighted by Gasteiger charge is -2.35. The fourth-order valence-electron chi connectivity index (χ4n) is 2.97. The highest BCUT2D eigenvalue weighted by atomic mass is 79.9. The van der Waals surface area contributed by atoms with E-state index in [4.69, 9.17) is 4.74 Å². The monoisotopic (exact) mass is 339 g/mol. The van der Waals surface area contributed by atoms with E-state index in [1.54, 1.807) is 0 Å². The van der Waals surface area contributed by atoms with Crippen molar-refractivity contribution in [3.63, 3.8) is 0 Å². The summed E-state index contributed by atoms with van der Waals surface area (Å²) in [7, 11) is 0. The van der Waals surface area contributed by atoms with Crippen LogP contribution in [0, 0.1) is 0 Å². The molecule has 2 nitrogen and oxygen atoms in total. The van der Waals surface area contributed by atoms with Crippen LogP contribution in [0.1, 0.15) is 38.2 Å². The quantitative estimate of drug-likeness (QED) is 0.687. The first-order valence-electron chi connectivity index (χ1n) is 7.86. The maximum absolute atomic E-state index is 5.53. The zero-order valence-corrected chi connectivity index (χ0v) is 14.1. The number of rotatable bonds is 7. The average molecular weight is 340 g/mol. The van der Waals surface area contributed by atoms with E-state index in [9.17, 15) is 0 Å². The Morgan fingerprint density at radius 3 is 2.80 bits per heavy atom. The molecule has 3 heteroatoms. The zero-order valence-electron chi connectivity index (χ0n) is 12.5. The Bertz CT molecular complexity index is 379. The molecule has 1 unspecified atom stereocenters. The van der Waals surface area contributed by atoms with E-state index < -0.39 is 0 Å². The molecule has 1 fully saturated rings. The van der Waals surface area contributed by atoms with Crippen LogP contribution in [0.25, 0.3) is 0 Å². The van der Waals surface area contributed by atoms with Crippen LogP contribution >= 0.6 is 15.9 Å². The van der Waals surface area contributed by atoms with Crippen molar-refractivity contribution >= 4 is 15.9 Å². The molecule has 1 saturated heterocycles. The number of hydrogen-bond acceptors (Lipinski definition) is 2. The zero-order chi connectivity index (χ0) is 14.2. The van der Waals surface area contributed by atoms with Crippen molar-refractivity contribution in [3.05, 3.63) is 34.3 Å². The first-order chi connectivity index (χ1) is 9.79. The average Bonchev–Trinajstić information content (AvgIpc) is 2.48. The summed E-state index contributed by atoms with van der Waals surface area (Å²) >= 11 is 3.49. The van der Waals surface area contributed by atoms with E-state index in [0.717, 1.165) is 30.1 Å². The van der Waals surface area contributed by atoms with Crippen molar-refractivity contribution in [1.82, 2.24) is 4.90 Å². The van der Waals surface area contributed by atoms with Gasteiger partial charge in [-0.1, -0.05) is 34.5 Å².